The highest BCUT2D eigenvalue weighted by Gasteiger charge is 2.38. The van der Waals surface area contributed by atoms with Crippen LogP contribution >= 0.6 is 0 Å². The van der Waals surface area contributed by atoms with Gasteiger partial charge in [0.15, 0.2) is 0 Å². The summed E-state index contributed by atoms with van der Waals surface area (Å²) >= 11 is 0. The van der Waals surface area contributed by atoms with Crippen LogP contribution < -0.4 is 4.90 Å². The third-order valence-corrected chi connectivity index (χ3v) is 10.7. The fourth-order valence-electron chi connectivity index (χ4n) is 8.01. The first kappa shape index (κ1) is 31.5. The summed E-state index contributed by atoms with van der Waals surface area (Å²) in [6.07, 6.45) is 0. The van der Waals surface area contributed by atoms with Crippen molar-refractivity contribution in [3.63, 3.8) is 0 Å². The maximum atomic E-state index is 2.47. The van der Waals surface area contributed by atoms with Crippen molar-refractivity contribution in [3.05, 3.63) is 211 Å². The first-order chi connectivity index (χ1) is 25.6. The van der Waals surface area contributed by atoms with Crippen molar-refractivity contribution in [1.82, 2.24) is 0 Å². The molecule has 0 aliphatic heterocycles. The lowest BCUT2D eigenvalue weighted by atomic mass is 9.81. The van der Waals surface area contributed by atoms with Crippen molar-refractivity contribution in [3.8, 4) is 55.6 Å². The molecule has 1 nitrogen and oxygen atoms in total. The molecule has 0 atom stereocenters. The van der Waals surface area contributed by atoms with E-state index in [2.05, 4.69) is 219 Å². The summed E-state index contributed by atoms with van der Waals surface area (Å²) in [6, 6.07) is 72.7. The molecule has 0 saturated carbocycles. The Labute approximate surface area is 307 Å². The van der Waals surface area contributed by atoms with Gasteiger partial charge in [-0.15, -0.1) is 0 Å². The van der Waals surface area contributed by atoms with E-state index in [0.29, 0.717) is 0 Å². The molecule has 0 unspecified atom stereocenters. The lowest BCUT2D eigenvalue weighted by Crippen LogP contribution is -2.17. The zero-order valence-corrected chi connectivity index (χ0v) is 29.5. The normalized spacial score (nSPS) is 12.6. The number of fused-ring (bicyclic) bond motifs is 3. The molecule has 8 aromatic rings. The van der Waals surface area contributed by atoms with E-state index < -0.39 is 0 Å². The van der Waals surface area contributed by atoms with Crippen molar-refractivity contribution >= 4 is 17.1 Å². The van der Waals surface area contributed by atoms with Crippen LogP contribution in [0.5, 0.6) is 0 Å². The van der Waals surface area contributed by atoms with Crippen LogP contribution in [-0.2, 0) is 5.41 Å². The van der Waals surface area contributed by atoms with Gasteiger partial charge in [-0.05, 0) is 97.6 Å². The standard InChI is InChI=1S/C51H39N/c1-51(2)47-25-15-24-44(40-18-9-4-10-19-40)50(47)46-34-45(41-20-11-5-12-21-41)49(35-48(46)51)52(42-22-13-6-14-23-42)43-32-30-39(31-33-43)38-28-26-37(27-29-38)36-16-7-3-8-17-36/h3-35H,1-2H3. The summed E-state index contributed by atoms with van der Waals surface area (Å²) in [6.45, 7) is 4.76. The lowest BCUT2D eigenvalue weighted by Gasteiger charge is -2.30. The molecule has 0 saturated heterocycles. The molecule has 0 spiro atoms. The highest BCUT2D eigenvalue weighted by Crippen LogP contribution is 2.55. The van der Waals surface area contributed by atoms with Gasteiger partial charge in [0.1, 0.15) is 0 Å². The molecule has 0 fully saturated rings. The summed E-state index contributed by atoms with van der Waals surface area (Å²) in [7, 11) is 0. The Kier molecular flexibility index (Phi) is 7.90. The van der Waals surface area contributed by atoms with E-state index in [1.54, 1.807) is 0 Å². The van der Waals surface area contributed by atoms with Crippen molar-refractivity contribution in [1.29, 1.82) is 0 Å². The van der Waals surface area contributed by atoms with Crippen LogP contribution in [0.2, 0.25) is 0 Å². The van der Waals surface area contributed by atoms with Crippen molar-refractivity contribution in [2.24, 2.45) is 0 Å². The largest absolute Gasteiger partial charge is 0.310 e. The van der Waals surface area contributed by atoms with Crippen LogP contribution in [0.4, 0.5) is 17.1 Å². The monoisotopic (exact) mass is 665 g/mol. The van der Waals surface area contributed by atoms with Gasteiger partial charge in [0.05, 0.1) is 5.69 Å². The number of para-hydroxylation sites is 1. The smallest absolute Gasteiger partial charge is 0.0543 e. The van der Waals surface area contributed by atoms with Crippen LogP contribution in [-0.4, -0.2) is 0 Å². The highest BCUT2D eigenvalue weighted by molar-refractivity contribution is 5.98. The Morgan fingerprint density at radius 1 is 0.327 bits per heavy atom. The Morgan fingerprint density at radius 2 is 0.769 bits per heavy atom. The van der Waals surface area contributed by atoms with E-state index in [0.717, 1.165) is 11.4 Å². The van der Waals surface area contributed by atoms with Crippen molar-refractivity contribution in [2.75, 3.05) is 4.90 Å². The molecule has 0 radical (unpaired) electrons. The van der Waals surface area contributed by atoms with Crippen LogP contribution in [0.15, 0.2) is 200 Å². The molecule has 1 heteroatoms. The average molecular weight is 666 g/mol. The van der Waals surface area contributed by atoms with E-state index >= 15 is 0 Å². The van der Waals surface area contributed by atoms with Gasteiger partial charge in [0, 0.05) is 22.4 Å². The maximum Gasteiger partial charge on any atom is 0.0543 e. The fraction of sp³-hybridized carbons (Fsp3) is 0.0588. The summed E-state index contributed by atoms with van der Waals surface area (Å²) in [4.78, 5) is 2.43. The third-order valence-electron chi connectivity index (χ3n) is 10.7. The molecule has 1 aliphatic carbocycles. The van der Waals surface area contributed by atoms with Crippen LogP contribution in [0.3, 0.4) is 0 Å². The number of anilines is 3. The summed E-state index contributed by atoms with van der Waals surface area (Å²) in [5.74, 6) is 0. The second-order valence-electron chi connectivity index (χ2n) is 14.2. The molecule has 0 aromatic heterocycles. The maximum absolute atomic E-state index is 2.47. The molecular weight excluding hydrogens is 627 g/mol. The Hall–Kier alpha value is -6.44. The van der Waals surface area contributed by atoms with E-state index in [1.807, 2.05) is 0 Å². The van der Waals surface area contributed by atoms with Gasteiger partial charge in [-0.2, -0.15) is 0 Å². The Morgan fingerprint density at radius 3 is 1.33 bits per heavy atom. The Balaban J connectivity index is 1.21. The van der Waals surface area contributed by atoms with Gasteiger partial charge in [0.25, 0.3) is 0 Å². The number of rotatable bonds is 7. The quantitative estimate of drug-likeness (QED) is 0.164. The summed E-state index contributed by atoms with van der Waals surface area (Å²) in [5, 5.41) is 0. The minimum absolute atomic E-state index is 0.183. The zero-order chi connectivity index (χ0) is 35.1. The molecule has 0 amide bonds. The van der Waals surface area contributed by atoms with Crippen LogP contribution in [0.25, 0.3) is 55.6 Å². The fourth-order valence-corrected chi connectivity index (χ4v) is 8.01. The number of hydrogen-bond donors (Lipinski definition) is 0. The molecule has 8 aromatic carbocycles. The third kappa shape index (κ3) is 5.52. The molecular formula is C51H39N. The van der Waals surface area contributed by atoms with Gasteiger partial charge in [0.2, 0.25) is 0 Å². The first-order valence-corrected chi connectivity index (χ1v) is 18.1. The van der Waals surface area contributed by atoms with Crippen LogP contribution in [0.1, 0.15) is 25.0 Å². The number of nitrogens with zero attached hydrogens (tertiary/aromatic N) is 1. The van der Waals surface area contributed by atoms with Crippen LogP contribution in [0, 0.1) is 0 Å². The second kappa shape index (κ2) is 13.0. The van der Waals surface area contributed by atoms with E-state index in [4.69, 9.17) is 0 Å². The SMILES string of the molecule is CC1(C)c2cc(N(c3ccccc3)c3ccc(-c4ccc(-c5ccccc5)cc4)cc3)c(-c3ccccc3)cc2-c2c(-c3ccccc3)cccc21. The predicted octanol–water partition coefficient (Wildman–Crippen LogP) is 14.1. The molecule has 52 heavy (non-hydrogen) atoms. The highest BCUT2D eigenvalue weighted by atomic mass is 15.1. The summed E-state index contributed by atoms with van der Waals surface area (Å²) < 4.78 is 0. The minimum Gasteiger partial charge on any atom is -0.310 e. The van der Waals surface area contributed by atoms with E-state index in [9.17, 15) is 0 Å². The van der Waals surface area contributed by atoms with Gasteiger partial charge in [-0.3, -0.25) is 0 Å². The molecule has 0 heterocycles. The summed E-state index contributed by atoms with van der Waals surface area (Å²) in [5.41, 5.74) is 18.4. The van der Waals surface area contributed by atoms with E-state index in [1.165, 1.54) is 72.4 Å². The topological polar surface area (TPSA) is 3.24 Å². The van der Waals surface area contributed by atoms with E-state index in [-0.39, 0.29) is 5.41 Å². The van der Waals surface area contributed by atoms with Gasteiger partial charge in [-0.1, -0.05) is 178 Å². The Bertz CT molecular complexity index is 2480. The molecule has 248 valence electrons. The average Bonchev–Trinajstić information content (AvgIpc) is 3.44. The molecule has 0 bridgehead atoms. The van der Waals surface area contributed by atoms with Crippen molar-refractivity contribution in [2.45, 2.75) is 19.3 Å². The van der Waals surface area contributed by atoms with Gasteiger partial charge >= 0.3 is 0 Å². The van der Waals surface area contributed by atoms with Gasteiger partial charge in [-0.25, -0.2) is 0 Å². The zero-order valence-electron chi connectivity index (χ0n) is 29.5. The molecule has 1 aliphatic rings. The minimum atomic E-state index is -0.183. The number of hydrogen-bond acceptors (Lipinski definition) is 1. The first-order valence-electron chi connectivity index (χ1n) is 18.1. The lowest BCUT2D eigenvalue weighted by molar-refractivity contribution is 0.660. The molecule has 0 N–H and O–H groups in total. The van der Waals surface area contributed by atoms with Crippen molar-refractivity contribution < 1.29 is 0 Å². The molecule has 9 rings (SSSR count). The number of benzene rings is 8. The predicted molar refractivity (Wildman–Crippen MR) is 220 cm³/mol. The van der Waals surface area contributed by atoms with Gasteiger partial charge < -0.3 is 4.90 Å². The second-order valence-corrected chi connectivity index (χ2v) is 14.2.